The van der Waals surface area contributed by atoms with Gasteiger partial charge in [0.15, 0.2) is 0 Å². The van der Waals surface area contributed by atoms with Crippen molar-refractivity contribution in [1.29, 1.82) is 0 Å². The maximum absolute atomic E-state index is 12.0. The molecule has 2 aromatic rings. The molecule has 0 saturated carbocycles. The zero-order valence-corrected chi connectivity index (χ0v) is 14.6. The number of carbonyl (C=O) groups excluding carboxylic acids is 1. The molecule has 0 aliphatic rings. The monoisotopic (exact) mass is 334 g/mol. The Bertz CT molecular complexity index is 790. The number of nitrogens with zero attached hydrogens (tertiary/aromatic N) is 5. The van der Waals surface area contributed by atoms with Crippen LogP contribution < -0.4 is 5.32 Å². The van der Waals surface area contributed by atoms with Crippen LogP contribution in [0.25, 0.3) is 0 Å². The zero-order valence-electron chi connectivity index (χ0n) is 14.6. The topological polar surface area (TPSA) is 108 Å². The molecular formula is C15H22N6O3. The number of aromatic nitrogens is 4. The number of carbonyl (C=O) groups is 1. The van der Waals surface area contributed by atoms with Crippen molar-refractivity contribution in [1.82, 2.24) is 24.9 Å². The van der Waals surface area contributed by atoms with Gasteiger partial charge in [0.25, 0.3) is 0 Å². The van der Waals surface area contributed by atoms with E-state index >= 15 is 0 Å². The van der Waals surface area contributed by atoms with Crippen LogP contribution in [-0.4, -0.2) is 30.4 Å². The number of rotatable bonds is 6. The van der Waals surface area contributed by atoms with Crippen LogP contribution >= 0.6 is 0 Å². The zero-order chi connectivity index (χ0) is 18.0. The molecule has 9 heteroatoms. The van der Waals surface area contributed by atoms with E-state index in [9.17, 15) is 14.9 Å². The summed E-state index contributed by atoms with van der Waals surface area (Å²) in [6.45, 7) is 7.81. The van der Waals surface area contributed by atoms with Crippen LogP contribution in [0.5, 0.6) is 0 Å². The van der Waals surface area contributed by atoms with Crippen molar-refractivity contribution >= 4 is 11.6 Å². The summed E-state index contributed by atoms with van der Waals surface area (Å²) >= 11 is 0. The summed E-state index contributed by atoms with van der Waals surface area (Å²) in [6, 6.07) is 0. The molecule has 0 bridgehead atoms. The van der Waals surface area contributed by atoms with E-state index in [0.29, 0.717) is 24.5 Å². The molecule has 2 heterocycles. The molecular weight excluding hydrogens is 312 g/mol. The number of hydrogen-bond acceptors (Lipinski definition) is 5. The summed E-state index contributed by atoms with van der Waals surface area (Å²) in [6.07, 6.45) is 0.206. The summed E-state index contributed by atoms with van der Waals surface area (Å²) < 4.78 is 3.29. The second-order valence-corrected chi connectivity index (χ2v) is 5.80. The Hall–Kier alpha value is -2.71. The SMILES string of the molecule is Cc1nn(C)c(C)c1CNC(=O)CCn1nc(C)c([N+](=O)[O-])c1C. The first kappa shape index (κ1) is 17.6. The number of hydrogen-bond donors (Lipinski definition) is 1. The molecule has 0 atom stereocenters. The van der Waals surface area contributed by atoms with Crippen molar-refractivity contribution in [3.8, 4) is 0 Å². The predicted octanol–water partition coefficient (Wildman–Crippen LogP) is 1.46. The molecule has 0 spiro atoms. The highest BCUT2D eigenvalue weighted by Gasteiger charge is 2.21. The molecule has 2 aromatic heterocycles. The van der Waals surface area contributed by atoms with Gasteiger partial charge in [0.05, 0.1) is 17.2 Å². The number of nitro groups is 1. The maximum Gasteiger partial charge on any atom is 0.312 e. The largest absolute Gasteiger partial charge is 0.352 e. The van der Waals surface area contributed by atoms with Gasteiger partial charge in [0, 0.05) is 31.3 Å². The molecule has 0 unspecified atom stereocenters. The van der Waals surface area contributed by atoms with Crippen LogP contribution in [0, 0.1) is 37.8 Å². The van der Waals surface area contributed by atoms with Gasteiger partial charge >= 0.3 is 5.69 Å². The van der Waals surface area contributed by atoms with Crippen molar-refractivity contribution in [2.24, 2.45) is 7.05 Å². The fraction of sp³-hybridized carbons (Fsp3) is 0.533. The van der Waals surface area contributed by atoms with Crippen LogP contribution in [0.3, 0.4) is 0 Å². The Balaban J connectivity index is 1.94. The number of aryl methyl sites for hydroxylation is 4. The first-order valence-electron chi connectivity index (χ1n) is 7.66. The molecule has 9 nitrogen and oxygen atoms in total. The lowest BCUT2D eigenvalue weighted by atomic mass is 10.2. The third kappa shape index (κ3) is 3.44. The van der Waals surface area contributed by atoms with Crippen LogP contribution in [-0.2, 0) is 24.9 Å². The van der Waals surface area contributed by atoms with E-state index in [2.05, 4.69) is 15.5 Å². The first-order chi connectivity index (χ1) is 11.2. The Morgan fingerprint density at radius 2 is 1.83 bits per heavy atom. The molecule has 0 aromatic carbocycles. The lowest BCUT2D eigenvalue weighted by Crippen LogP contribution is -2.24. The fourth-order valence-electron chi connectivity index (χ4n) is 2.73. The average molecular weight is 334 g/mol. The second kappa shape index (κ2) is 6.81. The van der Waals surface area contributed by atoms with E-state index in [-0.39, 0.29) is 18.0 Å². The number of nitrogens with one attached hydrogen (secondary N) is 1. The Kier molecular flexibility index (Phi) is 5.01. The Morgan fingerprint density at radius 1 is 1.17 bits per heavy atom. The van der Waals surface area contributed by atoms with Crippen molar-refractivity contribution in [2.75, 3.05) is 0 Å². The molecule has 0 aliphatic heterocycles. The van der Waals surface area contributed by atoms with Gasteiger partial charge in [-0.2, -0.15) is 10.2 Å². The van der Waals surface area contributed by atoms with Crippen molar-refractivity contribution in [3.05, 3.63) is 38.5 Å². The number of amides is 1. The third-order valence-electron chi connectivity index (χ3n) is 4.20. The van der Waals surface area contributed by atoms with Gasteiger partial charge < -0.3 is 5.32 Å². The van der Waals surface area contributed by atoms with Gasteiger partial charge in [0.1, 0.15) is 11.4 Å². The molecule has 0 aliphatic carbocycles. The van der Waals surface area contributed by atoms with Crippen LogP contribution in [0.15, 0.2) is 0 Å². The van der Waals surface area contributed by atoms with Crippen molar-refractivity contribution < 1.29 is 9.72 Å². The smallest absolute Gasteiger partial charge is 0.312 e. The predicted molar refractivity (Wildman–Crippen MR) is 87.5 cm³/mol. The Morgan fingerprint density at radius 3 is 2.33 bits per heavy atom. The molecule has 24 heavy (non-hydrogen) atoms. The van der Waals surface area contributed by atoms with Crippen LogP contribution in [0.2, 0.25) is 0 Å². The summed E-state index contributed by atoms with van der Waals surface area (Å²) in [5.74, 6) is -0.132. The van der Waals surface area contributed by atoms with Crippen LogP contribution in [0.1, 0.15) is 34.8 Å². The van der Waals surface area contributed by atoms with E-state index in [4.69, 9.17) is 0 Å². The summed E-state index contributed by atoms with van der Waals surface area (Å²) in [7, 11) is 1.86. The van der Waals surface area contributed by atoms with Gasteiger partial charge in [-0.15, -0.1) is 0 Å². The summed E-state index contributed by atoms with van der Waals surface area (Å²) in [4.78, 5) is 22.6. The van der Waals surface area contributed by atoms with Crippen LogP contribution in [0.4, 0.5) is 5.69 Å². The minimum absolute atomic E-state index is 0.0111. The van der Waals surface area contributed by atoms with E-state index in [1.54, 1.807) is 18.5 Å². The second-order valence-electron chi connectivity index (χ2n) is 5.80. The summed E-state index contributed by atoms with van der Waals surface area (Å²) in [5.41, 5.74) is 3.75. The molecule has 1 amide bonds. The average Bonchev–Trinajstić information content (AvgIpc) is 2.91. The molecule has 0 radical (unpaired) electrons. The van der Waals surface area contributed by atoms with Gasteiger partial charge in [0.2, 0.25) is 5.91 Å². The standard InChI is InChI=1S/C15H22N6O3/c1-9-13(11(3)19(5)17-9)8-16-14(22)6-7-20-12(4)15(21(23)24)10(2)18-20/h6-8H2,1-5H3,(H,16,22). The van der Waals surface area contributed by atoms with Crippen molar-refractivity contribution in [3.63, 3.8) is 0 Å². The minimum Gasteiger partial charge on any atom is -0.352 e. The van der Waals surface area contributed by atoms with Gasteiger partial charge in [-0.25, -0.2) is 0 Å². The Labute approximate surface area is 139 Å². The van der Waals surface area contributed by atoms with Crippen molar-refractivity contribution in [2.45, 2.75) is 47.2 Å². The highest BCUT2D eigenvalue weighted by Crippen LogP contribution is 2.21. The van der Waals surface area contributed by atoms with E-state index in [0.717, 1.165) is 17.0 Å². The van der Waals surface area contributed by atoms with Gasteiger partial charge in [-0.05, 0) is 27.7 Å². The molecule has 130 valence electrons. The quantitative estimate of drug-likeness (QED) is 0.635. The minimum atomic E-state index is -0.442. The fourth-order valence-corrected chi connectivity index (χ4v) is 2.73. The molecule has 0 fully saturated rings. The summed E-state index contributed by atoms with van der Waals surface area (Å²) in [5, 5.41) is 22.3. The molecule has 0 saturated heterocycles. The van der Waals surface area contributed by atoms with Gasteiger partial charge in [-0.3, -0.25) is 24.3 Å². The highest BCUT2D eigenvalue weighted by molar-refractivity contribution is 5.75. The molecule has 1 N–H and O–H groups in total. The molecule has 2 rings (SSSR count). The highest BCUT2D eigenvalue weighted by atomic mass is 16.6. The van der Waals surface area contributed by atoms with Gasteiger partial charge in [-0.1, -0.05) is 0 Å². The lowest BCUT2D eigenvalue weighted by Gasteiger charge is -2.07. The van der Waals surface area contributed by atoms with E-state index < -0.39 is 4.92 Å². The lowest BCUT2D eigenvalue weighted by molar-refractivity contribution is -0.386. The maximum atomic E-state index is 12.0. The first-order valence-corrected chi connectivity index (χ1v) is 7.66. The normalized spacial score (nSPS) is 10.9. The van der Waals surface area contributed by atoms with E-state index in [1.165, 1.54) is 4.68 Å². The van der Waals surface area contributed by atoms with E-state index in [1.807, 2.05) is 20.9 Å². The third-order valence-corrected chi connectivity index (χ3v) is 4.20.